The molecule has 2 nitrogen and oxygen atoms in total. The van der Waals surface area contributed by atoms with Gasteiger partial charge in [-0.15, -0.1) is 0 Å². The van der Waals surface area contributed by atoms with E-state index in [0.29, 0.717) is 12.5 Å². The van der Waals surface area contributed by atoms with E-state index in [2.05, 4.69) is 0 Å². The minimum absolute atomic E-state index is 0.208. The van der Waals surface area contributed by atoms with Crippen molar-refractivity contribution < 1.29 is 9.53 Å². The van der Waals surface area contributed by atoms with Crippen LogP contribution >= 0.6 is 0 Å². The first kappa shape index (κ1) is 5.18. The fourth-order valence-corrected chi connectivity index (χ4v) is 1.17. The average molecular weight is 124 g/mol. The lowest BCUT2D eigenvalue weighted by Crippen LogP contribution is -1.97. The van der Waals surface area contributed by atoms with Crippen molar-refractivity contribution in [3.63, 3.8) is 0 Å². The predicted octanol–water partition coefficient (Wildman–Crippen LogP) is 0.673. The molecule has 2 unspecified atom stereocenters. The number of carbonyl (C=O) groups excluding carboxylic acids is 1. The highest BCUT2D eigenvalue weighted by Crippen LogP contribution is 2.30. The van der Waals surface area contributed by atoms with Crippen molar-refractivity contribution >= 4 is 5.78 Å². The van der Waals surface area contributed by atoms with Crippen LogP contribution in [-0.4, -0.2) is 18.0 Å². The molecule has 48 valence electrons. The third-order valence-electron chi connectivity index (χ3n) is 1.76. The molecule has 0 aromatic carbocycles. The summed E-state index contributed by atoms with van der Waals surface area (Å²) in [5.74, 6) is 0.208. The van der Waals surface area contributed by atoms with Crippen LogP contribution in [0.4, 0.5) is 0 Å². The molecule has 0 amide bonds. The Hall–Kier alpha value is -0.630. The maximum atomic E-state index is 10.8. The lowest BCUT2D eigenvalue weighted by molar-refractivity contribution is -0.114. The quantitative estimate of drug-likeness (QED) is 0.444. The standard InChI is InChI=1S/C7H8O2/c8-5-2-1-3-6-7(4-5)9-6/h1-2,6-7H,3-4H2. The van der Waals surface area contributed by atoms with Gasteiger partial charge in [-0.3, -0.25) is 4.79 Å². The Bertz CT molecular complexity index is 172. The van der Waals surface area contributed by atoms with E-state index in [4.69, 9.17) is 4.74 Å². The monoisotopic (exact) mass is 124 g/mol. The molecule has 2 aliphatic rings. The zero-order valence-electron chi connectivity index (χ0n) is 5.04. The molecule has 1 fully saturated rings. The van der Waals surface area contributed by atoms with Gasteiger partial charge in [0.2, 0.25) is 0 Å². The first-order valence-electron chi connectivity index (χ1n) is 3.21. The van der Waals surface area contributed by atoms with Gasteiger partial charge in [0.25, 0.3) is 0 Å². The van der Waals surface area contributed by atoms with Crippen molar-refractivity contribution in [3.05, 3.63) is 12.2 Å². The second-order valence-corrected chi connectivity index (χ2v) is 2.52. The van der Waals surface area contributed by atoms with Crippen molar-refractivity contribution in [2.45, 2.75) is 25.0 Å². The summed E-state index contributed by atoms with van der Waals surface area (Å²) in [6.07, 6.45) is 5.72. The van der Waals surface area contributed by atoms with Crippen molar-refractivity contribution in [1.29, 1.82) is 0 Å². The van der Waals surface area contributed by atoms with Gasteiger partial charge in [0.15, 0.2) is 5.78 Å². The van der Waals surface area contributed by atoms with Gasteiger partial charge in [-0.05, 0) is 12.5 Å². The molecule has 1 saturated heterocycles. The number of hydrogen-bond donors (Lipinski definition) is 0. The number of epoxide rings is 1. The molecule has 1 aliphatic heterocycles. The minimum atomic E-state index is 0.208. The molecule has 2 heteroatoms. The molecule has 2 atom stereocenters. The van der Waals surface area contributed by atoms with Crippen LogP contribution in [0.3, 0.4) is 0 Å². The van der Waals surface area contributed by atoms with Gasteiger partial charge in [-0.1, -0.05) is 6.08 Å². The van der Waals surface area contributed by atoms with Crippen LogP contribution < -0.4 is 0 Å². The SMILES string of the molecule is O=C1C=CCC2OC2C1. The summed E-state index contributed by atoms with van der Waals surface area (Å²) in [5.41, 5.74) is 0. The predicted molar refractivity (Wildman–Crippen MR) is 32.0 cm³/mol. The van der Waals surface area contributed by atoms with Crippen LogP contribution in [0.15, 0.2) is 12.2 Å². The zero-order chi connectivity index (χ0) is 6.27. The summed E-state index contributed by atoms with van der Waals surface area (Å²) in [4.78, 5) is 10.8. The van der Waals surface area contributed by atoms with Gasteiger partial charge in [0.05, 0.1) is 12.2 Å². The van der Waals surface area contributed by atoms with Gasteiger partial charge in [0, 0.05) is 6.42 Å². The van der Waals surface area contributed by atoms with Crippen molar-refractivity contribution in [1.82, 2.24) is 0 Å². The first-order chi connectivity index (χ1) is 4.36. The third kappa shape index (κ3) is 0.900. The van der Waals surface area contributed by atoms with Gasteiger partial charge >= 0.3 is 0 Å². The van der Waals surface area contributed by atoms with Crippen molar-refractivity contribution in [2.75, 3.05) is 0 Å². The van der Waals surface area contributed by atoms with Crippen LogP contribution in [0.1, 0.15) is 12.8 Å². The summed E-state index contributed by atoms with van der Waals surface area (Å²) >= 11 is 0. The lowest BCUT2D eigenvalue weighted by atomic mass is 10.2. The Kier molecular flexibility index (Phi) is 0.963. The van der Waals surface area contributed by atoms with Crippen LogP contribution in [0, 0.1) is 0 Å². The summed E-state index contributed by atoms with van der Waals surface area (Å²) in [5, 5.41) is 0. The summed E-state index contributed by atoms with van der Waals surface area (Å²) in [6, 6.07) is 0. The number of ether oxygens (including phenoxy) is 1. The van der Waals surface area contributed by atoms with Gasteiger partial charge in [0.1, 0.15) is 0 Å². The van der Waals surface area contributed by atoms with E-state index in [1.807, 2.05) is 6.08 Å². The normalized spacial score (nSPS) is 39.8. The summed E-state index contributed by atoms with van der Waals surface area (Å²) in [7, 11) is 0. The summed E-state index contributed by atoms with van der Waals surface area (Å²) in [6.45, 7) is 0. The van der Waals surface area contributed by atoms with E-state index in [1.165, 1.54) is 0 Å². The Morgan fingerprint density at radius 2 is 2.44 bits per heavy atom. The molecule has 9 heavy (non-hydrogen) atoms. The maximum Gasteiger partial charge on any atom is 0.158 e. The van der Waals surface area contributed by atoms with Crippen LogP contribution in [0.25, 0.3) is 0 Å². The van der Waals surface area contributed by atoms with E-state index < -0.39 is 0 Å². The number of fused-ring (bicyclic) bond motifs is 1. The second kappa shape index (κ2) is 1.67. The highest BCUT2D eigenvalue weighted by atomic mass is 16.6. The molecule has 0 spiro atoms. The van der Waals surface area contributed by atoms with E-state index in [1.54, 1.807) is 6.08 Å². The number of ketones is 1. The lowest BCUT2D eigenvalue weighted by Gasteiger charge is -1.83. The van der Waals surface area contributed by atoms with Crippen molar-refractivity contribution in [3.8, 4) is 0 Å². The smallest absolute Gasteiger partial charge is 0.158 e. The molecule has 0 aromatic heterocycles. The largest absolute Gasteiger partial charge is 0.369 e. The van der Waals surface area contributed by atoms with E-state index in [0.717, 1.165) is 6.42 Å². The highest BCUT2D eigenvalue weighted by Gasteiger charge is 2.39. The highest BCUT2D eigenvalue weighted by molar-refractivity contribution is 5.90. The van der Waals surface area contributed by atoms with Crippen molar-refractivity contribution in [2.24, 2.45) is 0 Å². The van der Waals surface area contributed by atoms with E-state index in [9.17, 15) is 4.79 Å². The molecule has 0 radical (unpaired) electrons. The number of carbonyl (C=O) groups is 1. The fraction of sp³-hybridized carbons (Fsp3) is 0.571. The molecular formula is C7H8O2. The summed E-state index contributed by atoms with van der Waals surface area (Å²) < 4.78 is 5.16. The molecule has 0 N–H and O–H groups in total. The zero-order valence-corrected chi connectivity index (χ0v) is 5.04. The van der Waals surface area contributed by atoms with E-state index in [-0.39, 0.29) is 11.9 Å². The molecule has 0 saturated carbocycles. The second-order valence-electron chi connectivity index (χ2n) is 2.52. The van der Waals surface area contributed by atoms with Crippen LogP contribution in [0.5, 0.6) is 0 Å². The fourth-order valence-electron chi connectivity index (χ4n) is 1.17. The molecule has 1 aliphatic carbocycles. The molecular weight excluding hydrogens is 116 g/mol. The Morgan fingerprint density at radius 3 is 3.33 bits per heavy atom. The number of rotatable bonds is 0. The molecule has 0 aromatic rings. The van der Waals surface area contributed by atoms with E-state index >= 15 is 0 Å². The molecule has 1 heterocycles. The van der Waals surface area contributed by atoms with Crippen LogP contribution in [-0.2, 0) is 9.53 Å². The minimum Gasteiger partial charge on any atom is -0.369 e. The van der Waals surface area contributed by atoms with Crippen LogP contribution in [0.2, 0.25) is 0 Å². The number of hydrogen-bond acceptors (Lipinski definition) is 2. The molecule has 2 rings (SSSR count). The molecule has 0 bridgehead atoms. The van der Waals surface area contributed by atoms with Gasteiger partial charge in [-0.25, -0.2) is 0 Å². The average Bonchev–Trinajstić information content (AvgIpc) is 2.43. The maximum absolute atomic E-state index is 10.8. The van der Waals surface area contributed by atoms with Gasteiger partial charge < -0.3 is 4.74 Å². The Labute approximate surface area is 53.5 Å². The number of allylic oxidation sites excluding steroid dienone is 1. The first-order valence-corrected chi connectivity index (χ1v) is 3.21. The third-order valence-corrected chi connectivity index (χ3v) is 1.76. The topological polar surface area (TPSA) is 29.6 Å². The van der Waals surface area contributed by atoms with Gasteiger partial charge in [-0.2, -0.15) is 0 Å². The Morgan fingerprint density at radius 1 is 1.56 bits per heavy atom. The Balaban J connectivity index is 2.11.